The molecule has 2 aliphatic rings. The molecule has 0 bridgehead atoms. The van der Waals surface area contributed by atoms with Crippen LogP contribution in [0.4, 0.5) is 0 Å². The van der Waals surface area contributed by atoms with Gasteiger partial charge in [-0.2, -0.15) is 0 Å². The molecule has 1 aliphatic heterocycles. The highest BCUT2D eigenvalue weighted by Crippen LogP contribution is 2.40. The molecule has 1 fully saturated rings. The molecule has 5 aromatic rings. The molecule has 5 heterocycles. The molecule has 0 radical (unpaired) electrons. The number of hydrogen-bond donors (Lipinski definition) is 2. The monoisotopic (exact) mass is 570 g/mol. The number of pyridine rings is 2. The van der Waals surface area contributed by atoms with E-state index in [2.05, 4.69) is 48.8 Å². The van der Waals surface area contributed by atoms with Crippen molar-refractivity contribution >= 4 is 38.6 Å². The summed E-state index contributed by atoms with van der Waals surface area (Å²) in [4.78, 5) is 23.5. The molecular formula is C30H30N6O4S. The van der Waals surface area contributed by atoms with Gasteiger partial charge in [0.2, 0.25) is 5.88 Å². The van der Waals surface area contributed by atoms with Crippen LogP contribution in [-0.2, 0) is 24.9 Å². The summed E-state index contributed by atoms with van der Waals surface area (Å²) < 4.78 is 9.20. The van der Waals surface area contributed by atoms with Gasteiger partial charge in [0, 0.05) is 49.6 Å². The standard InChI is InChI=1S/C30H30N6O4S/c1-16-22(12-31-30-28(16)33-34-35(30)2)21(11-27(38)39)19-9-18-7-8-41-29(18)20(10-19)13-36-14-23-24(5-6-26(37)32-23)40-25(15-36)17-3-4-17/h5-10,12,17,21,25H,3-4,11,13-15H2,1-2H3,(H,32,37)(H,38,39)/t21?,25-/m0/s1. The molecule has 0 amide bonds. The highest BCUT2D eigenvalue weighted by molar-refractivity contribution is 7.17. The molecule has 10 nitrogen and oxygen atoms in total. The van der Waals surface area contributed by atoms with E-state index in [0.29, 0.717) is 30.2 Å². The van der Waals surface area contributed by atoms with Crippen molar-refractivity contribution in [3.8, 4) is 11.6 Å². The number of aromatic nitrogens is 5. The molecule has 2 N–H and O–H groups in total. The van der Waals surface area contributed by atoms with E-state index >= 15 is 0 Å². The molecule has 0 spiro atoms. The zero-order chi connectivity index (χ0) is 28.2. The van der Waals surface area contributed by atoms with Crippen molar-refractivity contribution in [2.24, 2.45) is 13.0 Å². The fraction of sp³-hybridized carbons (Fsp3) is 0.367. The minimum atomic E-state index is -0.875. The number of aliphatic carboxylic acids is 1. The Labute approximate surface area is 240 Å². The SMILES string of the molecule is Cc1c(C(CC(=O)O)c2cc(CN3Cc4nc(O)ccc4O[C@H](C4CC4)C3)c3sccc3c2)cnc2c1nnn2C. The number of carboxylic acids is 1. The summed E-state index contributed by atoms with van der Waals surface area (Å²) in [5.41, 5.74) is 5.88. The van der Waals surface area contributed by atoms with Gasteiger partial charge in [0.1, 0.15) is 23.1 Å². The van der Waals surface area contributed by atoms with Gasteiger partial charge in [-0.25, -0.2) is 14.6 Å². The molecule has 1 unspecified atom stereocenters. The van der Waals surface area contributed by atoms with Crippen molar-refractivity contribution in [3.63, 3.8) is 0 Å². The van der Waals surface area contributed by atoms with Gasteiger partial charge >= 0.3 is 5.97 Å². The van der Waals surface area contributed by atoms with Gasteiger partial charge in [0.05, 0.1) is 6.42 Å². The predicted octanol–water partition coefficient (Wildman–Crippen LogP) is 4.77. The van der Waals surface area contributed by atoms with E-state index in [-0.39, 0.29) is 18.4 Å². The van der Waals surface area contributed by atoms with Crippen LogP contribution < -0.4 is 4.74 Å². The van der Waals surface area contributed by atoms with Crippen LogP contribution in [0, 0.1) is 12.8 Å². The van der Waals surface area contributed by atoms with Gasteiger partial charge in [-0.3, -0.25) is 9.69 Å². The zero-order valence-electron chi connectivity index (χ0n) is 22.8. The number of aryl methyl sites for hydroxylation is 2. The predicted molar refractivity (Wildman–Crippen MR) is 154 cm³/mol. The van der Waals surface area contributed by atoms with E-state index in [4.69, 9.17) is 4.74 Å². The zero-order valence-corrected chi connectivity index (χ0v) is 23.6. The highest BCUT2D eigenvalue weighted by Gasteiger charge is 2.37. The minimum absolute atomic E-state index is 0.0135. The lowest BCUT2D eigenvalue weighted by Crippen LogP contribution is -2.34. The molecule has 4 aromatic heterocycles. The summed E-state index contributed by atoms with van der Waals surface area (Å²) in [6, 6.07) is 9.75. The van der Waals surface area contributed by atoms with Crippen molar-refractivity contribution in [1.82, 2.24) is 29.9 Å². The maximum atomic E-state index is 12.1. The van der Waals surface area contributed by atoms with Crippen LogP contribution in [0.2, 0.25) is 0 Å². The second kappa shape index (κ2) is 10.1. The van der Waals surface area contributed by atoms with E-state index in [1.165, 1.54) is 4.70 Å². The third-order valence-electron chi connectivity index (χ3n) is 8.27. The van der Waals surface area contributed by atoms with Crippen LogP contribution in [0.25, 0.3) is 21.3 Å². The summed E-state index contributed by atoms with van der Waals surface area (Å²) in [5.74, 6) is -0.0289. The summed E-state index contributed by atoms with van der Waals surface area (Å²) >= 11 is 1.69. The van der Waals surface area contributed by atoms with Gasteiger partial charge in [-0.1, -0.05) is 11.3 Å². The number of hydrogen-bond acceptors (Lipinski definition) is 9. The van der Waals surface area contributed by atoms with Gasteiger partial charge < -0.3 is 14.9 Å². The van der Waals surface area contributed by atoms with Gasteiger partial charge in [-0.05, 0) is 76.9 Å². The number of rotatable bonds is 7. The van der Waals surface area contributed by atoms with E-state index in [1.807, 2.05) is 13.0 Å². The van der Waals surface area contributed by atoms with Gasteiger partial charge in [0.25, 0.3) is 0 Å². The Morgan fingerprint density at radius 3 is 2.90 bits per heavy atom. The van der Waals surface area contributed by atoms with E-state index in [9.17, 15) is 15.0 Å². The number of carbonyl (C=O) groups is 1. The van der Waals surface area contributed by atoms with E-state index in [1.54, 1.807) is 35.3 Å². The lowest BCUT2D eigenvalue weighted by Gasteiger charge is -2.25. The van der Waals surface area contributed by atoms with Gasteiger partial charge in [-0.15, -0.1) is 16.4 Å². The van der Waals surface area contributed by atoms with Crippen molar-refractivity contribution in [2.45, 2.75) is 51.3 Å². The third kappa shape index (κ3) is 4.89. The van der Waals surface area contributed by atoms with E-state index in [0.717, 1.165) is 58.5 Å². The third-order valence-corrected chi connectivity index (χ3v) is 9.27. The molecule has 7 rings (SSSR count). The number of benzene rings is 1. The molecule has 210 valence electrons. The molecule has 1 aromatic carbocycles. The number of carboxylic acid groups (broad SMARTS) is 1. The summed E-state index contributed by atoms with van der Waals surface area (Å²) in [5, 5.41) is 31.6. The number of fused-ring (bicyclic) bond motifs is 3. The Morgan fingerprint density at radius 1 is 1.24 bits per heavy atom. The van der Waals surface area contributed by atoms with E-state index < -0.39 is 11.9 Å². The normalized spacial score (nSPS) is 18.2. The second-order valence-corrected chi connectivity index (χ2v) is 12.1. The molecule has 0 saturated heterocycles. The minimum Gasteiger partial charge on any atom is -0.493 e. The second-order valence-electron chi connectivity index (χ2n) is 11.2. The number of thiophene rings is 1. The average molecular weight is 571 g/mol. The molecule has 11 heteroatoms. The first-order valence-corrected chi connectivity index (χ1v) is 14.7. The fourth-order valence-corrected chi connectivity index (χ4v) is 6.93. The lowest BCUT2D eigenvalue weighted by molar-refractivity contribution is -0.137. The maximum Gasteiger partial charge on any atom is 0.304 e. The van der Waals surface area contributed by atoms with Crippen molar-refractivity contribution < 1.29 is 19.7 Å². The Bertz CT molecular complexity index is 1790. The van der Waals surface area contributed by atoms with Crippen LogP contribution in [0.3, 0.4) is 0 Å². The topological polar surface area (TPSA) is 126 Å². The number of nitrogens with zero attached hydrogens (tertiary/aromatic N) is 6. The number of ether oxygens (including phenoxy) is 1. The van der Waals surface area contributed by atoms with Crippen molar-refractivity contribution in [2.75, 3.05) is 6.54 Å². The van der Waals surface area contributed by atoms with Crippen LogP contribution in [0.5, 0.6) is 11.6 Å². The molecule has 41 heavy (non-hydrogen) atoms. The maximum absolute atomic E-state index is 12.1. The smallest absolute Gasteiger partial charge is 0.304 e. The highest BCUT2D eigenvalue weighted by atomic mass is 32.1. The Balaban J connectivity index is 1.29. The van der Waals surface area contributed by atoms with Crippen LogP contribution in [0.15, 0.2) is 41.9 Å². The first-order valence-electron chi connectivity index (χ1n) is 13.8. The fourth-order valence-electron chi connectivity index (χ4n) is 6.04. The summed E-state index contributed by atoms with van der Waals surface area (Å²) in [6.07, 6.45) is 4.08. The Morgan fingerprint density at radius 2 is 2.10 bits per heavy atom. The van der Waals surface area contributed by atoms with Crippen molar-refractivity contribution in [1.29, 1.82) is 0 Å². The van der Waals surface area contributed by atoms with Crippen LogP contribution >= 0.6 is 11.3 Å². The Hall–Kier alpha value is -4.09. The quantitative estimate of drug-likeness (QED) is 0.285. The molecule has 1 saturated carbocycles. The lowest BCUT2D eigenvalue weighted by atomic mass is 9.85. The van der Waals surface area contributed by atoms with Crippen LogP contribution in [0.1, 0.15) is 53.1 Å². The molecular weight excluding hydrogens is 540 g/mol. The molecule has 2 atom stereocenters. The van der Waals surface area contributed by atoms with Crippen molar-refractivity contribution in [3.05, 3.63) is 69.9 Å². The molecule has 1 aliphatic carbocycles. The summed E-state index contributed by atoms with van der Waals surface area (Å²) in [7, 11) is 1.80. The first kappa shape index (κ1) is 25.8. The number of aromatic hydroxyl groups is 1. The largest absolute Gasteiger partial charge is 0.493 e. The summed E-state index contributed by atoms with van der Waals surface area (Å²) in [6.45, 7) is 3.91. The average Bonchev–Trinajstić information content (AvgIpc) is 3.60. The Kier molecular flexibility index (Phi) is 6.35. The van der Waals surface area contributed by atoms with Crippen LogP contribution in [-0.4, -0.2) is 58.7 Å². The van der Waals surface area contributed by atoms with Gasteiger partial charge in [0.15, 0.2) is 5.65 Å². The first-order chi connectivity index (χ1) is 19.8.